The van der Waals surface area contributed by atoms with Crippen LogP contribution in [0.2, 0.25) is 0 Å². The molecule has 1 aliphatic rings. The Balaban J connectivity index is 0.00000484. The highest BCUT2D eigenvalue weighted by Crippen LogP contribution is 2.11. The van der Waals surface area contributed by atoms with Gasteiger partial charge in [0.05, 0.1) is 0 Å². The Morgan fingerprint density at radius 2 is 2.04 bits per heavy atom. The molecule has 1 saturated heterocycles. The zero-order valence-electron chi connectivity index (χ0n) is 15.4. The van der Waals surface area contributed by atoms with Crippen molar-refractivity contribution in [3.8, 4) is 0 Å². The molecule has 0 saturated carbocycles. The zero-order chi connectivity index (χ0) is 16.2. The van der Waals surface area contributed by atoms with Crippen LogP contribution in [0.1, 0.15) is 46.0 Å². The molecule has 1 heterocycles. The van der Waals surface area contributed by atoms with Gasteiger partial charge in [0, 0.05) is 33.2 Å². The van der Waals surface area contributed by atoms with Crippen molar-refractivity contribution in [2.45, 2.75) is 46.0 Å². The number of hydrogen-bond acceptors (Lipinski definition) is 2. The molecule has 0 radical (unpaired) electrons. The second-order valence-corrected chi connectivity index (χ2v) is 6.51. The highest BCUT2D eigenvalue weighted by Gasteiger charge is 2.13. The number of hydrogen-bond donors (Lipinski definition) is 1. The number of unbranched alkanes of at least 4 members (excludes halogenated alkanes) is 1. The van der Waals surface area contributed by atoms with Gasteiger partial charge in [0.15, 0.2) is 5.96 Å². The molecule has 0 spiro atoms. The standard InChI is InChI=1S/C18H36N4.HI/c1-5-7-9-12-21(4)18(19-6-2)20-15-17(3)16-22-13-10-8-11-14-22;/h5,17H,1,6-16H2,2-4H3,(H,19,20);1H. The van der Waals surface area contributed by atoms with Crippen molar-refractivity contribution in [1.82, 2.24) is 15.1 Å². The van der Waals surface area contributed by atoms with Crippen molar-refractivity contribution in [1.29, 1.82) is 0 Å². The Morgan fingerprint density at radius 1 is 1.35 bits per heavy atom. The van der Waals surface area contributed by atoms with Crippen LogP contribution in [-0.4, -0.2) is 62.1 Å². The minimum Gasteiger partial charge on any atom is -0.357 e. The van der Waals surface area contributed by atoms with Gasteiger partial charge in [-0.05, 0) is 51.6 Å². The van der Waals surface area contributed by atoms with Crippen LogP contribution in [0.5, 0.6) is 0 Å². The van der Waals surface area contributed by atoms with Gasteiger partial charge in [0.25, 0.3) is 0 Å². The highest BCUT2D eigenvalue weighted by molar-refractivity contribution is 14.0. The van der Waals surface area contributed by atoms with Gasteiger partial charge in [-0.3, -0.25) is 4.99 Å². The third-order valence-corrected chi connectivity index (χ3v) is 4.17. The first-order valence-electron chi connectivity index (χ1n) is 9.00. The first-order valence-corrected chi connectivity index (χ1v) is 9.00. The molecular formula is C18H37IN4. The topological polar surface area (TPSA) is 30.9 Å². The van der Waals surface area contributed by atoms with E-state index >= 15 is 0 Å². The first kappa shape index (κ1) is 22.7. The van der Waals surface area contributed by atoms with Crippen molar-refractivity contribution in [2.24, 2.45) is 10.9 Å². The van der Waals surface area contributed by atoms with Crippen molar-refractivity contribution in [3.05, 3.63) is 12.7 Å². The molecule has 4 nitrogen and oxygen atoms in total. The first-order chi connectivity index (χ1) is 10.7. The van der Waals surface area contributed by atoms with E-state index in [0.29, 0.717) is 5.92 Å². The van der Waals surface area contributed by atoms with E-state index in [9.17, 15) is 0 Å². The number of piperidine rings is 1. The molecule has 1 N–H and O–H groups in total. The number of guanidine groups is 1. The van der Waals surface area contributed by atoms with Gasteiger partial charge in [-0.15, -0.1) is 30.6 Å². The molecular weight excluding hydrogens is 399 g/mol. The van der Waals surface area contributed by atoms with E-state index in [0.717, 1.165) is 38.4 Å². The summed E-state index contributed by atoms with van der Waals surface area (Å²) in [6.07, 6.45) is 8.32. The number of rotatable bonds is 9. The van der Waals surface area contributed by atoms with E-state index in [1.165, 1.54) is 38.9 Å². The third kappa shape index (κ3) is 10.2. The van der Waals surface area contributed by atoms with Gasteiger partial charge in [-0.2, -0.15) is 0 Å². The van der Waals surface area contributed by atoms with Gasteiger partial charge >= 0.3 is 0 Å². The number of halogens is 1. The van der Waals surface area contributed by atoms with E-state index in [1.54, 1.807) is 0 Å². The Bertz CT molecular complexity index is 327. The molecule has 1 aliphatic heterocycles. The number of nitrogens with one attached hydrogen (secondary N) is 1. The molecule has 0 aliphatic carbocycles. The minimum absolute atomic E-state index is 0. The number of likely N-dealkylation sites (tertiary alicyclic amines) is 1. The number of allylic oxidation sites excluding steroid dienone is 1. The van der Waals surface area contributed by atoms with Crippen molar-refractivity contribution < 1.29 is 0 Å². The van der Waals surface area contributed by atoms with Gasteiger partial charge in [-0.25, -0.2) is 0 Å². The quantitative estimate of drug-likeness (QED) is 0.197. The molecule has 0 aromatic carbocycles. The molecule has 1 rings (SSSR count). The van der Waals surface area contributed by atoms with E-state index in [4.69, 9.17) is 4.99 Å². The fraction of sp³-hybridized carbons (Fsp3) is 0.833. The van der Waals surface area contributed by atoms with E-state index < -0.39 is 0 Å². The second kappa shape index (κ2) is 14.1. The van der Waals surface area contributed by atoms with Crippen LogP contribution in [0, 0.1) is 5.92 Å². The number of aliphatic imine (C=N–C) groups is 1. The molecule has 1 atom stereocenters. The van der Waals surface area contributed by atoms with Crippen LogP contribution in [0.3, 0.4) is 0 Å². The lowest BCUT2D eigenvalue weighted by molar-refractivity contribution is 0.202. The summed E-state index contributed by atoms with van der Waals surface area (Å²) in [6.45, 7) is 14.8. The maximum Gasteiger partial charge on any atom is 0.193 e. The monoisotopic (exact) mass is 436 g/mol. The fourth-order valence-electron chi connectivity index (χ4n) is 2.93. The van der Waals surface area contributed by atoms with Crippen molar-refractivity contribution >= 4 is 29.9 Å². The molecule has 0 bridgehead atoms. The molecule has 136 valence electrons. The summed E-state index contributed by atoms with van der Waals surface area (Å²) in [7, 11) is 2.12. The van der Waals surface area contributed by atoms with Crippen molar-refractivity contribution in [2.75, 3.05) is 46.3 Å². The average molecular weight is 436 g/mol. The van der Waals surface area contributed by atoms with Crippen LogP contribution < -0.4 is 5.32 Å². The van der Waals surface area contributed by atoms with Crippen LogP contribution in [-0.2, 0) is 0 Å². The van der Waals surface area contributed by atoms with Crippen LogP contribution in [0.25, 0.3) is 0 Å². The summed E-state index contributed by atoms with van der Waals surface area (Å²) in [4.78, 5) is 9.67. The van der Waals surface area contributed by atoms with Gasteiger partial charge < -0.3 is 15.1 Å². The molecule has 0 amide bonds. The Morgan fingerprint density at radius 3 is 2.65 bits per heavy atom. The molecule has 0 aromatic heterocycles. The summed E-state index contributed by atoms with van der Waals surface area (Å²) in [5, 5.41) is 3.40. The second-order valence-electron chi connectivity index (χ2n) is 6.51. The molecule has 1 unspecified atom stereocenters. The summed E-state index contributed by atoms with van der Waals surface area (Å²) in [5.41, 5.74) is 0. The lowest BCUT2D eigenvalue weighted by Crippen LogP contribution is -2.40. The predicted molar refractivity (Wildman–Crippen MR) is 113 cm³/mol. The molecule has 0 aromatic rings. The summed E-state index contributed by atoms with van der Waals surface area (Å²) in [5.74, 6) is 1.66. The van der Waals surface area contributed by atoms with E-state index in [1.807, 2.05) is 6.08 Å². The Hall–Kier alpha value is -0.300. The lowest BCUT2D eigenvalue weighted by atomic mass is 10.1. The normalized spacial score (nSPS) is 17.3. The molecule has 5 heteroatoms. The van der Waals surface area contributed by atoms with Crippen LogP contribution >= 0.6 is 24.0 Å². The fourth-order valence-corrected chi connectivity index (χ4v) is 2.93. The van der Waals surface area contributed by atoms with Gasteiger partial charge in [0.1, 0.15) is 0 Å². The Labute approximate surface area is 160 Å². The summed E-state index contributed by atoms with van der Waals surface area (Å²) in [6, 6.07) is 0. The predicted octanol–water partition coefficient (Wildman–Crippen LogP) is 3.59. The maximum absolute atomic E-state index is 4.84. The summed E-state index contributed by atoms with van der Waals surface area (Å²) >= 11 is 0. The van der Waals surface area contributed by atoms with Gasteiger partial charge in [-0.1, -0.05) is 19.4 Å². The molecule has 1 fully saturated rings. The lowest BCUT2D eigenvalue weighted by Gasteiger charge is -2.29. The highest BCUT2D eigenvalue weighted by atomic mass is 127. The smallest absolute Gasteiger partial charge is 0.193 e. The largest absolute Gasteiger partial charge is 0.357 e. The van der Waals surface area contributed by atoms with Crippen LogP contribution in [0.4, 0.5) is 0 Å². The zero-order valence-corrected chi connectivity index (χ0v) is 17.7. The van der Waals surface area contributed by atoms with E-state index in [2.05, 4.69) is 42.6 Å². The summed E-state index contributed by atoms with van der Waals surface area (Å²) < 4.78 is 0. The van der Waals surface area contributed by atoms with Gasteiger partial charge in [0.2, 0.25) is 0 Å². The van der Waals surface area contributed by atoms with Crippen LogP contribution in [0.15, 0.2) is 17.6 Å². The minimum atomic E-state index is 0. The maximum atomic E-state index is 4.84. The third-order valence-electron chi connectivity index (χ3n) is 4.17. The SMILES string of the molecule is C=CCCCN(C)C(=NCC(C)CN1CCCCC1)NCC.I. The average Bonchev–Trinajstić information content (AvgIpc) is 2.52. The van der Waals surface area contributed by atoms with E-state index in [-0.39, 0.29) is 24.0 Å². The Kier molecular flexibility index (Phi) is 13.9. The molecule has 23 heavy (non-hydrogen) atoms. The number of nitrogens with zero attached hydrogens (tertiary/aromatic N) is 3. The van der Waals surface area contributed by atoms with Crippen molar-refractivity contribution in [3.63, 3.8) is 0 Å².